The van der Waals surface area contributed by atoms with Crippen LogP contribution < -0.4 is 5.48 Å². The molecule has 0 spiro atoms. The second kappa shape index (κ2) is 7.16. The lowest BCUT2D eigenvalue weighted by Crippen LogP contribution is -2.38. The van der Waals surface area contributed by atoms with Gasteiger partial charge in [-0.1, -0.05) is 36.9 Å². The van der Waals surface area contributed by atoms with Crippen LogP contribution in [0.1, 0.15) is 5.56 Å². The first kappa shape index (κ1) is 13.1. The molecule has 4 nitrogen and oxygen atoms in total. The molecule has 0 saturated carbocycles. The van der Waals surface area contributed by atoms with Gasteiger partial charge in [-0.2, -0.15) is 0 Å². The molecule has 1 heterocycles. The SMILES string of the molecule is C=C(NOCCN1CCOCC1)c1ccccc1. The summed E-state index contributed by atoms with van der Waals surface area (Å²) in [5.41, 5.74) is 4.72. The normalized spacial score (nSPS) is 16.4. The fourth-order valence-electron chi connectivity index (χ4n) is 1.84. The standard InChI is InChI=1S/C14H20N2O2/c1-13(14-5-3-2-4-6-14)15-18-12-9-16-7-10-17-11-8-16/h2-6,15H,1,7-12H2. The first-order valence-corrected chi connectivity index (χ1v) is 6.28. The number of benzene rings is 1. The van der Waals surface area contributed by atoms with E-state index in [1.807, 2.05) is 30.3 Å². The topological polar surface area (TPSA) is 33.7 Å². The molecule has 0 amide bonds. The summed E-state index contributed by atoms with van der Waals surface area (Å²) >= 11 is 0. The van der Waals surface area contributed by atoms with Crippen LogP contribution in [0.2, 0.25) is 0 Å². The molecule has 0 bridgehead atoms. The fraction of sp³-hybridized carbons (Fsp3) is 0.429. The van der Waals surface area contributed by atoms with Gasteiger partial charge in [-0.25, -0.2) is 0 Å². The predicted octanol–water partition coefficient (Wildman–Crippen LogP) is 1.51. The molecule has 0 unspecified atom stereocenters. The van der Waals surface area contributed by atoms with E-state index in [4.69, 9.17) is 9.57 Å². The molecular formula is C14H20N2O2. The van der Waals surface area contributed by atoms with Gasteiger partial charge in [-0.05, 0) is 5.56 Å². The van der Waals surface area contributed by atoms with Crippen LogP contribution in [0, 0.1) is 0 Å². The van der Waals surface area contributed by atoms with Gasteiger partial charge in [-0.15, -0.1) is 0 Å². The zero-order valence-electron chi connectivity index (χ0n) is 10.6. The number of hydroxylamine groups is 1. The minimum atomic E-state index is 0.645. The predicted molar refractivity (Wildman–Crippen MR) is 71.8 cm³/mol. The third-order valence-corrected chi connectivity index (χ3v) is 2.93. The maximum Gasteiger partial charge on any atom is 0.0873 e. The van der Waals surface area contributed by atoms with Crippen molar-refractivity contribution in [3.63, 3.8) is 0 Å². The van der Waals surface area contributed by atoms with Gasteiger partial charge in [0.25, 0.3) is 0 Å². The first-order chi connectivity index (χ1) is 8.86. The Bertz CT molecular complexity index is 361. The van der Waals surface area contributed by atoms with Crippen LogP contribution in [0.25, 0.3) is 5.70 Å². The smallest absolute Gasteiger partial charge is 0.0873 e. The number of ether oxygens (including phenoxy) is 1. The van der Waals surface area contributed by atoms with Gasteiger partial charge in [-0.3, -0.25) is 15.2 Å². The van der Waals surface area contributed by atoms with Crippen molar-refractivity contribution in [1.82, 2.24) is 10.4 Å². The third-order valence-electron chi connectivity index (χ3n) is 2.93. The Morgan fingerprint density at radius 2 is 2.00 bits per heavy atom. The maximum atomic E-state index is 5.42. The molecule has 1 fully saturated rings. The van der Waals surface area contributed by atoms with Crippen LogP contribution in [0.4, 0.5) is 0 Å². The molecular weight excluding hydrogens is 228 g/mol. The third kappa shape index (κ3) is 4.14. The lowest BCUT2D eigenvalue weighted by atomic mass is 10.2. The second-order valence-electron chi connectivity index (χ2n) is 4.25. The molecule has 98 valence electrons. The van der Waals surface area contributed by atoms with Gasteiger partial charge in [0, 0.05) is 19.6 Å². The molecule has 1 aromatic rings. The van der Waals surface area contributed by atoms with Crippen molar-refractivity contribution in [3.8, 4) is 0 Å². The summed E-state index contributed by atoms with van der Waals surface area (Å²) < 4.78 is 5.29. The van der Waals surface area contributed by atoms with Crippen molar-refractivity contribution in [2.45, 2.75) is 0 Å². The van der Waals surface area contributed by atoms with Crippen molar-refractivity contribution in [2.75, 3.05) is 39.5 Å². The Labute approximate surface area is 108 Å². The van der Waals surface area contributed by atoms with Crippen LogP contribution in [-0.4, -0.2) is 44.4 Å². The highest BCUT2D eigenvalue weighted by molar-refractivity contribution is 5.60. The Morgan fingerprint density at radius 3 is 2.72 bits per heavy atom. The van der Waals surface area contributed by atoms with Gasteiger partial charge >= 0.3 is 0 Å². The molecule has 0 aliphatic carbocycles. The lowest BCUT2D eigenvalue weighted by Gasteiger charge is -2.26. The van der Waals surface area contributed by atoms with Crippen LogP contribution in [0.5, 0.6) is 0 Å². The molecule has 2 rings (SSSR count). The average Bonchev–Trinajstić information content (AvgIpc) is 2.45. The molecule has 0 radical (unpaired) electrons. The number of morpholine rings is 1. The van der Waals surface area contributed by atoms with E-state index in [9.17, 15) is 0 Å². The summed E-state index contributed by atoms with van der Waals surface area (Å²) in [5, 5.41) is 0. The molecule has 1 aliphatic rings. The summed E-state index contributed by atoms with van der Waals surface area (Å²) in [6, 6.07) is 9.95. The largest absolute Gasteiger partial charge is 0.379 e. The number of nitrogens with one attached hydrogen (secondary N) is 1. The van der Waals surface area contributed by atoms with E-state index in [2.05, 4.69) is 17.0 Å². The molecule has 1 aromatic carbocycles. The molecule has 0 aromatic heterocycles. The lowest BCUT2D eigenvalue weighted by molar-refractivity contribution is 0.00861. The highest BCUT2D eigenvalue weighted by Crippen LogP contribution is 2.07. The van der Waals surface area contributed by atoms with E-state index >= 15 is 0 Å². The zero-order valence-corrected chi connectivity index (χ0v) is 10.6. The van der Waals surface area contributed by atoms with E-state index in [1.54, 1.807) is 0 Å². The van der Waals surface area contributed by atoms with Crippen LogP contribution in [-0.2, 0) is 9.57 Å². The first-order valence-electron chi connectivity index (χ1n) is 6.28. The van der Waals surface area contributed by atoms with Crippen molar-refractivity contribution >= 4 is 5.70 Å². The van der Waals surface area contributed by atoms with Crippen molar-refractivity contribution < 1.29 is 9.57 Å². The molecule has 1 N–H and O–H groups in total. The Balaban J connectivity index is 1.62. The Morgan fingerprint density at radius 1 is 1.28 bits per heavy atom. The number of rotatable bonds is 6. The van der Waals surface area contributed by atoms with E-state index < -0.39 is 0 Å². The average molecular weight is 248 g/mol. The summed E-state index contributed by atoms with van der Waals surface area (Å²) in [4.78, 5) is 7.75. The number of hydrogen-bond acceptors (Lipinski definition) is 4. The van der Waals surface area contributed by atoms with Gasteiger partial charge in [0.05, 0.1) is 25.5 Å². The van der Waals surface area contributed by atoms with E-state index in [0.717, 1.165) is 44.1 Å². The van der Waals surface area contributed by atoms with Gasteiger partial charge in [0.2, 0.25) is 0 Å². The van der Waals surface area contributed by atoms with E-state index in [1.165, 1.54) is 0 Å². The Hall–Kier alpha value is -1.36. The molecule has 0 atom stereocenters. The van der Waals surface area contributed by atoms with Gasteiger partial charge < -0.3 is 4.74 Å². The minimum absolute atomic E-state index is 0.645. The molecule has 4 heteroatoms. The molecule has 18 heavy (non-hydrogen) atoms. The number of hydrogen-bond donors (Lipinski definition) is 1. The quantitative estimate of drug-likeness (QED) is 0.611. The summed E-state index contributed by atoms with van der Waals surface area (Å²) in [5.74, 6) is 0. The summed E-state index contributed by atoms with van der Waals surface area (Å²) in [6.07, 6.45) is 0. The minimum Gasteiger partial charge on any atom is -0.379 e. The van der Waals surface area contributed by atoms with Crippen LogP contribution in [0.3, 0.4) is 0 Å². The zero-order chi connectivity index (χ0) is 12.6. The van der Waals surface area contributed by atoms with Gasteiger partial charge in [0.1, 0.15) is 0 Å². The summed E-state index contributed by atoms with van der Waals surface area (Å²) in [6.45, 7) is 9.12. The molecule has 1 aliphatic heterocycles. The number of nitrogens with zero attached hydrogens (tertiary/aromatic N) is 1. The van der Waals surface area contributed by atoms with Crippen molar-refractivity contribution in [1.29, 1.82) is 0 Å². The second-order valence-corrected chi connectivity index (χ2v) is 4.25. The van der Waals surface area contributed by atoms with Gasteiger partial charge in [0.15, 0.2) is 0 Å². The fourth-order valence-corrected chi connectivity index (χ4v) is 1.84. The van der Waals surface area contributed by atoms with Crippen LogP contribution in [0.15, 0.2) is 36.9 Å². The molecule has 1 saturated heterocycles. The highest BCUT2D eigenvalue weighted by Gasteiger charge is 2.09. The summed E-state index contributed by atoms with van der Waals surface area (Å²) in [7, 11) is 0. The van der Waals surface area contributed by atoms with E-state index in [0.29, 0.717) is 6.61 Å². The monoisotopic (exact) mass is 248 g/mol. The van der Waals surface area contributed by atoms with Crippen molar-refractivity contribution in [2.24, 2.45) is 0 Å². The Kier molecular flexibility index (Phi) is 5.20. The van der Waals surface area contributed by atoms with Crippen LogP contribution >= 0.6 is 0 Å². The van der Waals surface area contributed by atoms with E-state index in [-0.39, 0.29) is 0 Å². The van der Waals surface area contributed by atoms with Crippen molar-refractivity contribution in [3.05, 3.63) is 42.5 Å². The maximum absolute atomic E-state index is 5.42. The highest BCUT2D eigenvalue weighted by atomic mass is 16.6.